The Morgan fingerprint density at radius 3 is 2.17 bits per heavy atom. The maximum atomic E-state index is 12.3. The van der Waals surface area contributed by atoms with Gasteiger partial charge in [0.1, 0.15) is 0 Å². The fourth-order valence-electron chi connectivity index (χ4n) is 1.71. The summed E-state index contributed by atoms with van der Waals surface area (Å²) >= 11 is 0. The third-order valence-electron chi connectivity index (χ3n) is 2.53. The molecular formula is C14H27NO3. The van der Waals surface area contributed by atoms with Crippen LogP contribution in [0.4, 0.5) is 0 Å². The summed E-state index contributed by atoms with van der Waals surface area (Å²) in [6.07, 6.45) is 0.771. The summed E-state index contributed by atoms with van der Waals surface area (Å²) < 4.78 is 4.88. The van der Waals surface area contributed by atoms with E-state index in [2.05, 4.69) is 5.32 Å². The van der Waals surface area contributed by atoms with Gasteiger partial charge in [0.25, 0.3) is 0 Å². The standard InChI is InChI=1S/C14H27NO3/c1-7-18-12(16)9-8-11(15-10(2)3)13(17)14(4,5)6/h10-11,15H,7-9H2,1-6H3. The summed E-state index contributed by atoms with van der Waals surface area (Å²) in [7, 11) is 0. The molecule has 1 N–H and O–H groups in total. The Balaban J connectivity index is 4.50. The van der Waals surface area contributed by atoms with Crippen LogP contribution in [0, 0.1) is 5.41 Å². The van der Waals surface area contributed by atoms with Crippen LogP contribution in [0.3, 0.4) is 0 Å². The van der Waals surface area contributed by atoms with Crippen LogP contribution in [0.2, 0.25) is 0 Å². The Morgan fingerprint density at radius 2 is 1.78 bits per heavy atom. The van der Waals surface area contributed by atoms with Crippen molar-refractivity contribution in [2.24, 2.45) is 5.41 Å². The molecular weight excluding hydrogens is 230 g/mol. The summed E-state index contributed by atoms with van der Waals surface area (Å²) in [5.74, 6) is -0.102. The van der Waals surface area contributed by atoms with Crippen LogP contribution in [0.1, 0.15) is 54.4 Å². The predicted octanol–water partition coefficient (Wildman–Crippen LogP) is 2.31. The van der Waals surface area contributed by atoms with E-state index in [1.165, 1.54) is 0 Å². The Morgan fingerprint density at radius 1 is 1.22 bits per heavy atom. The summed E-state index contributed by atoms with van der Waals surface area (Å²) in [6, 6.07) is -0.0714. The summed E-state index contributed by atoms with van der Waals surface area (Å²) in [4.78, 5) is 23.6. The highest BCUT2D eigenvalue weighted by Gasteiger charge is 2.30. The molecule has 0 saturated heterocycles. The van der Waals surface area contributed by atoms with E-state index in [0.717, 1.165) is 0 Å². The van der Waals surface area contributed by atoms with Crippen molar-refractivity contribution in [1.29, 1.82) is 0 Å². The normalized spacial score (nSPS) is 13.5. The van der Waals surface area contributed by atoms with Gasteiger partial charge in [0, 0.05) is 17.9 Å². The lowest BCUT2D eigenvalue weighted by molar-refractivity contribution is -0.143. The highest BCUT2D eigenvalue weighted by atomic mass is 16.5. The topological polar surface area (TPSA) is 55.4 Å². The number of hydrogen-bond acceptors (Lipinski definition) is 4. The molecule has 0 saturated carbocycles. The van der Waals surface area contributed by atoms with Crippen LogP contribution >= 0.6 is 0 Å². The number of carbonyl (C=O) groups is 2. The van der Waals surface area contributed by atoms with Crippen LogP contribution in [-0.2, 0) is 14.3 Å². The molecule has 0 aliphatic rings. The Bertz CT molecular complexity index is 279. The largest absolute Gasteiger partial charge is 0.466 e. The van der Waals surface area contributed by atoms with Crippen LogP contribution in [0.15, 0.2) is 0 Å². The van der Waals surface area contributed by atoms with Crippen LogP contribution < -0.4 is 5.32 Å². The number of carbonyl (C=O) groups excluding carboxylic acids is 2. The highest BCUT2D eigenvalue weighted by molar-refractivity contribution is 5.89. The quantitative estimate of drug-likeness (QED) is 0.711. The molecule has 0 aromatic carbocycles. The van der Waals surface area contributed by atoms with E-state index in [-0.39, 0.29) is 30.3 Å². The summed E-state index contributed by atoms with van der Waals surface area (Å²) in [6.45, 7) is 11.8. The second kappa shape index (κ2) is 7.52. The van der Waals surface area contributed by atoms with Crippen molar-refractivity contribution in [3.8, 4) is 0 Å². The lowest BCUT2D eigenvalue weighted by Crippen LogP contribution is -2.46. The van der Waals surface area contributed by atoms with E-state index in [9.17, 15) is 9.59 Å². The maximum absolute atomic E-state index is 12.3. The van der Waals surface area contributed by atoms with Crippen molar-refractivity contribution in [3.05, 3.63) is 0 Å². The minimum atomic E-state index is -0.402. The van der Waals surface area contributed by atoms with Gasteiger partial charge in [0.15, 0.2) is 5.78 Å². The van der Waals surface area contributed by atoms with Gasteiger partial charge >= 0.3 is 5.97 Å². The zero-order chi connectivity index (χ0) is 14.3. The first-order valence-corrected chi connectivity index (χ1v) is 6.64. The highest BCUT2D eigenvalue weighted by Crippen LogP contribution is 2.19. The number of ketones is 1. The SMILES string of the molecule is CCOC(=O)CCC(NC(C)C)C(=O)C(C)(C)C. The van der Waals surface area contributed by atoms with Crippen LogP contribution in [-0.4, -0.2) is 30.4 Å². The van der Waals surface area contributed by atoms with Crippen molar-refractivity contribution in [3.63, 3.8) is 0 Å². The predicted molar refractivity (Wildman–Crippen MR) is 72.4 cm³/mol. The van der Waals surface area contributed by atoms with Gasteiger partial charge in [-0.1, -0.05) is 34.6 Å². The molecule has 18 heavy (non-hydrogen) atoms. The zero-order valence-corrected chi connectivity index (χ0v) is 12.5. The van der Waals surface area contributed by atoms with Crippen molar-refractivity contribution >= 4 is 11.8 Å². The lowest BCUT2D eigenvalue weighted by Gasteiger charge is -2.27. The third-order valence-corrected chi connectivity index (χ3v) is 2.53. The average molecular weight is 257 g/mol. The minimum absolute atomic E-state index is 0.139. The maximum Gasteiger partial charge on any atom is 0.305 e. The molecule has 4 nitrogen and oxygen atoms in total. The van der Waals surface area contributed by atoms with Crippen LogP contribution in [0.25, 0.3) is 0 Å². The molecule has 106 valence electrons. The first-order valence-electron chi connectivity index (χ1n) is 6.64. The average Bonchev–Trinajstić information content (AvgIpc) is 2.21. The molecule has 0 aromatic heterocycles. The van der Waals surface area contributed by atoms with Crippen molar-refractivity contribution in [2.75, 3.05) is 6.61 Å². The first-order chi connectivity index (χ1) is 8.18. The second-order valence-corrected chi connectivity index (χ2v) is 5.83. The van der Waals surface area contributed by atoms with Crippen molar-refractivity contribution < 1.29 is 14.3 Å². The molecule has 0 fully saturated rings. The van der Waals surface area contributed by atoms with E-state index in [0.29, 0.717) is 13.0 Å². The van der Waals surface area contributed by atoms with E-state index in [1.807, 2.05) is 34.6 Å². The smallest absolute Gasteiger partial charge is 0.305 e. The first kappa shape index (κ1) is 17.1. The minimum Gasteiger partial charge on any atom is -0.466 e. The van der Waals surface area contributed by atoms with Gasteiger partial charge in [-0.25, -0.2) is 0 Å². The molecule has 1 atom stereocenters. The van der Waals surface area contributed by atoms with E-state index >= 15 is 0 Å². The number of Topliss-reactive ketones (excluding diaryl/α,β-unsaturated/α-hetero) is 1. The molecule has 0 radical (unpaired) electrons. The van der Waals surface area contributed by atoms with Gasteiger partial charge < -0.3 is 10.1 Å². The van der Waals surface area contributed by atoms with Crippen LogP contribution in [0.5, 0.6) is 0 Å². The number of hydrogen-bond donors (Lipinski definition) is 1. The second-order valence-electron chi connectivity index (χ2n) is 5.83. The van der Waals surface area contributed by atoms with Gasteiger partial charge in [-0.3, -0.25) is 9.59 Å². The molecule has 0 aliphatic carbocycles. The summed E-state index contributed by atoms with van der Waals surface area (Å²) in [5, 5.41) is 3.23. The number of esters is 1. The van der Waals surface area contributed by atoms with Gasteiger partial charge in [-0.2, -0.15) is 0 Å². The monoisotopic (exact) mass is 257 g/mol. The molecule has 0 aromatic rings. The van der Waals surface area contributed by atoms with Gasteiger partial charge in [-0.15, -0.1) is 0 Å². The van der Waals surface area contributed by atoms with Crippen molar-refractivity contribution in [2.45, 2.75) is 66.5 Å². The lowest BCUT2D eigenvalue weighted by atomic mass is 9.84. The number of ether oxygens (including phenoxy) is 1. The number of nitrogens with one attached hydrogen (secondary N) is 1. The van der Waals surface area contributed by atoms with E-state index in [4.69, 9.17) is 4.74 Å². The molecule has 0 aliphatic heterocycles. The fraction of sp³-hybridized carbons (Fsp3) is 0.857. The van der Waals surface area contributed by atoms with E-state index in [1.54, 1.807) is 6.92 Å². The summed E-state index contributed by atoms with van der Waals surface area (Å²) in [5.41, 5.74) is -0.402. The molecule has 0 bridgehead atoms. The molecule has 1 unspecified atom stereocenters. The zero-order valence-electron chi connectivity index (χ0n) is 12.5. The van der Waals surface area contributed by atoms with E-state index < -0.39 is 5.41 Å². The Kier molecular flexibility index (Phi) is 7.14. The van der Waals surface area contributed by atoms with Gasteiger partial charge in [0.05, 0.1) is 12.6 Å². The number of rotatable bonds is 7. The fourth-order valence-corrected chi connectivity index (χ4v) is 1.71. The molecule has 0 amide bonds. The Labute approximate surface area is 110 Å². The van der Waals surface area contributed by atoms with Crippen molar-refractivity contribution in [1.82, 2.24) is 5.32 Å². The Hall–Kier alpha value is -0.900. The third kappa shape index (κ3) is 6.74. The molecule has 0 rings (SSSR count). The molecule has 4 heteroatoms. The van der Waals surface area contributed by atoms with Gasteiger partial charge in [-0.05, 0) is 13.3 Å². The molecule has 0 spiro atoms. The molecule has 0 heterocycles. The van der Waals surface area contributed by atoms with Gasteiger partial charge in [0.2, 0.25) is 0 Å².